The summed E-state index contributed by atoms with van der Waals surface area (Å²) < 4.78 is 11.6. The highest BCUT2D eigenvalue weighted by molar-refractivity contribution is 5.18. The van der Waals surface area contributed by atoms with E-state index < -0.39 is 0 Å². The van der Waals surface area contributed by atoms with Gasteiger partial charge in [0.05, 0.1) is 18.2 Å². The van der Waals surface area contributed by atoms with Gasteiger partial charge in [-0.3, -0.25) is 4.90 Å². The van der Waals surface area contributed by atoms with Crippen molar-refractivity contribution in [2.24, 2.45) is 0 Å². The van der Waals surface area contributed by atoms with E-state index in [1.807, 2.05) is 6.07 Å². The van der Waals surface area contributed by atoms with Crippen molar-refractivity contribution in [3.8, 4) is 0 Å². The van der Waals surface area contributed by atoms with E-state index >= 15 is 0 Å². The second kappa shape index (κ2) is 6.81. The summed E-state index contributed by atoms with van der Waals surface area (Å²) in [5.74, 6) is 1.74. The average molecular weight is 315 g/mol. The lowest BCUT2D eigenvalue weighted by Gasteiger charge is -2.39. The van der Waals surface area contributed by atoms with E-state index in [1.165, 1.54) is 5.56 Å². The third-order valence-electron chi connectivity index (χ3n) is 4.34. The molecule has 1 fully saturated rings. The largest absolute Gasteiger partial charge is 0.368 e. The summed E-state index contributed by atoms with van der Waals surface area (Å²) >= 11 is 0. The molecule has 0 saturated carbocycles. The molecule has 1 saturated heterocycles. The predicted octanol–water partition coefficient (Wildman–Crippen LogP) is 3.72. The average Bonchev–Trinajstić information content (AvgIpc) is 3.04. The van der Waals surface area contributed by atoms with Crippen molar-refractivity contribution < 1.29 is 9.26 Å². The van der Waals surface area contributed by atoms with Gasteiger partial charge in [-0.05, 0) is 19.4 Å². The molecule has 23 heavy (non-hydrogen) atoms. The zero-order valence-electron chi connectivity index (χ0n) is 14.3. The Morgan fingerprint density at radius 2 is 1.87 bits per heavy atom. The minimum absolute atomic E-state index is 0.0786. The Hall–Kier alpha value is -1.72. The normalized spacial score (nSPS) is 24.0. The number of rotatable bonds is 4. The van der Waals surface area contributed by atoms with Crippen LogP contribution in [0.4, 0.5) is 0 Å². The second-order valence-corrected chi connectivity index (χ2v) is 6.62. The van der Waals surface area contributed by atoms with E-state index in [4.69, 9.17) is 9.26 Å². The molecule has 0 N–H and O–H groups in total. The van der Waals surface area contributed by atoms with Gasteiger partial charge >= 0.3 is 0 Å². The third-order valence-corrected chi connectivity index (χ3v) is 4.34. The van der Waals surface area contributed by atoms with Gasteiger partial charge < -0.3 is 9.26 Å². The van der Waals surface area contributed by atoms with Crippen molar-refractivity contribution in [1.82, 2.24) is 15.0 Å². The molecule has 1 aliphatic heterocycles. The zero-order valence-corrected chi connectivity index (χ0v) is 14.3. The van der Waals surface area contributed by atoms with E-state index in [-0.39, 0.29) is 24.2 Å². The molecule has 0 spiro atoms. The zero-order chi connectivity index (χ0) is 16.4. The van der Waals surface area contributed by atoms with Gasteiger partial charge in [0.15, 0.2) is 5.82 Å². The van der Waals surface area contributed by atoms with Crippen LogP contribution < -0.4 is 0 Å². The minimum Gasteiger partial charge on any atom is -0.368 e. The number of hydrogen-bond donors (Lipinski definition) is 0. The maximum atomic E-state index is 6.12. The molecular formula is C18H25N3O2. The minimum atomic E-state index is 0.0786. The lowest BCUT2D eigenvalue weighted by Crippen LogP contribution is -2.44. The topological polar surface area (TPSA) is 51.4 Å². The van der Waals surface area contributed by atoms with Crippen LogP contribution in [-0.4, -0.2) is 34.2 Å². The molecule has 0 unspecified atom stereocenters. The molecule has 3 rings (SSSR count). The Morgan fingerprint density at radius 3 is 2.52 bits per heavy atom. The SMILES string of the molecule is CC(C)c1noc([C@H](C)N2C[C@@H](C)O[C@H](c3ccccc3)C2)n1. The van der Waals surface area contributed by atoms with Crippen LogP contribution in [0.2, 0.25) is 0 Å². The Bertz CT molecular complexity index is 626. The van der Waals surface area contributed by atoms with Gasteiger partial charge in [-0.25, -0.2) is 0 Å². The van der Waals surface area contributed by atoms with Crippen LogP contribution >= 0.6 is 0 Å². The summed E-state index contributed by atoms with van der Waals surface area (Å²) in [6, 6.07) is 10.5. The molecule has 1 aromatic heterocycles. The molecule has 2 aromatic rings. The van der Waals surface area contributed by atoms with Crippen molar-refractivity contribution in [2.45, 2.75) is 51.9 Å². The Morgan fingerprint density at radius 1 is 1.13 bits per heavy atom. The molecule has 5 heteroatoms. The number of hydrogen-bond acceptors (Lipinski definition) is 5. The van der Waals surface area contributed by atoms with Crippen LogP contribution in [0.15, 0.2) is 34.9 Å². The Balaban J connectivity index is 1.75. The molecule has 0 bridgehead atoms. The number of benzene rings is 1. The molecule has 0 amide bonds. The summed E-state index contributed by atoms with van der Waals surface area (Å²) in [6.07, 6.45) is 0.249. The first-order chi connectivity index (χ1) is 11.0. The van der Waals surface area contributed by atoms with E-state index in [1.54, 1.807) is 0 Å². The van der Waals surface area contributed by atoms with Crippen LogP contribution in [0.5, 0.6) is 0 Å². The van der Waals surface area contributed by atoms with Gasteiger partial charge in [0.1, 0.15) is 0 Å². The summed E-state index contributed by atoms with van der Waals surface area (Å²) in [4.78, 5) is 6.91. The first kappa shape index (κ1) is 16.1. The van der Waals surface area contributed by atoms with Crippen molar-refractivity contribution in [3.63, 3.8) is 0 Å². The lowest BCUT2D eigenvalue weighted by atomic mass is 10.1. The molecule has 0 radical (unpaired) electrons. The van der Waals surface area contributed by atoms with Crippen LogP contribution in [0, 0.1) is 0 Å². The van der Waals surface area contributed by atoms with Gasteiger partial charge in [0.2, 0.25) is 5.89 Å². The monoisotopic (exact) mass is 315 g/mol. The fourth-order valence-corrected chi connectivity index (χ4v) is 2.96. The molecular weight excluding hydrogens is 290 g/mol. The smallest absolute Gasteiger partial charge is 0.243 e. The molecule has 1 aromatic carbocycles. The van der Waals surface area contributed by atoms with Crippen molar-refractivity contribution >= 4 is 0 Å². The maximum Gasteiger partial charge on any atom is 0.243 e. The summed E-state index contributed by atoms with van der Waals surface area (Å²) in [5.41, 5.74) is 1.21. The van der Waals surface area contributed by atoms with E-state index in [9.17, 15) is 0 Å². The van der Waals surface area contributed by atoms with Crippen LogP contribution in [0.25, 0.3) is 0 Å². The van der Waals surface area contributed by atoms with Gasteiger partial charge in [0, 0.05) is 19.0 Å². The molecule has 0 aliphatic carbocycles. The van der Waals surface area contributed by atoms with E-state index in [0.717, 1.165) is 18.9 Å². The van der Waals surface area contributed by atoms with Gasteiger partial charge in [-0.15, -0.1) is 0 Å². The van der Waals surface area contributed by atoms with E-state index in [0.29, 0.717) is 5.89 Å². The standard InChI is InChI=1S/C18H25N3O2/c1-12(2)17-19-18(23-20-17)14(4)21-10-13(3)22-16(11-21)15-8-6-5-7-9-15/h5-9,12-14,16H,10-11H2,1-4H3/t13-,14+,16+/m1/s1. The summed E-state index contributed by atoms with van der Waals surface area (Å²) in [5, 5.41) is 4.08. The maximum absolute atomic E-state index is 6.12. The van der Waals surface area contributed by atoms with Crippen LogP contribution in [-0.2, 0) is 4.74 Å². The fourth-order valence-electron chi connectivity index (χ4n) is 2.96. The highest BCUT2D eigenvalue weighted by Crippen LogP contribution is 2.30. The van der Waals surface area contributed by atoms with Crippen LogP contribution in [0.1, 0.15) is 63.0 Å². The summed E-state index contributed by atoms with van der Waals surface area (Å²) in [6.45, 7) is 10.1. The van der Waals surface area contributed by atoms with Gasteiger partial charge in [0.25, 0.3) is 0 Å². The highest BCUT2D eigenvalue weighted by atomic mass is 16.5. The summed E-state index contributed by atoms with van der Waals surface area (Å²) in [7, 11) is 0. The van der Waals surface area contributed by atoms with Crippen LogP contribution in [0.3, 0.4) is 0 Å². The Labute approximate surface area is 137 Å². The molecule has 5 nitrogen and oxygen atoms in total. The molecule has 2 heterocycles. The first-order valence-corrected chi connectivity index (χ1v) is 8.32. The van der Waals surface area contributed by atoms with Crippen molar-refractivity contribution in [1.29, 1.82) is 0 Å². The second-order valence-electron chi connectivity index (χ2n) is 6.62. The van der Waals surface area contributed by atoms with E-state index in [2.05, 4.69) is 67.0 Å². The third kappa shape index (κ3) is 3.62. The number of ether oxygens (including phenoxy) is 1. The fraction of sp³-hybridized carbons (Fsp3) is 0.556. The molecule has 3 atom stereocenters. The Kier molecular flexibility index (Phi) is 4.78. The lowest BCUT2D eigenvalue weighted by molar-refractivity contribution is -0.0922. The molecule has 1 aliphatic rings. The van der Waals surface area contributed by atoms with Gasteiger partial charge in [-0.2, -0.15) is 4.98 Å². The predicted molar refractivity (Wildman–Crippen MR) is 88.1 cm³/mol. The quantitative estimate of drug-likeness (QED) is 0.860. The highest BCUT2D eigenvalue weighted by Gasteiger charge is 2.32. The number of morpholine rings is 1. The molecule has 124 valence electrons. The van der Waals surface area contributed by atoms with Crippen molar-refractivity contribution in [3.05, 3.63) is 47.6 Å². The number of nitrogens with zero attached hydrogens (tertiary/aromatic N) is 3. The number of aromatic nitrogens is 2. The van der Waals surface area contributed by atoms with Gasteiger partial charge in [-0.1, -0.05) is 49.3 Å². The van der Waals surface area contributed by atoms with Crippen molar-refractivity contribution in [2.75, 3.05) is 13.1 Å². The first-order valence-electron chi connectivity index (χ1n) is 8.32.